The lowest BCUT2D eigenvalue weighted by atomic mass is 9.77. The second-order valence-corrected chi connectivity index (χ2v) is 3.47. The number of hydrogen-bond donors (Lipinski definition) is 1. The van der Waals surface area contributed by atoms with Crippen LogP contribution in [0.2, 0.25) is 0 Å². The van der Waals surface area contributed by atoms with Gasteiger partial charge in [0.2, 0.25) is 0 Å². The van der Waals surface area contributed by atoms with E-state index in [0.29, 0.717) is 0 Å². The summed E-state index contributed by atoms with van der Waals surface area (Å²) in [5.74, 6) is 0. The molecule has 1 saturated heterocycles. The Kier molecular flexibility index (Phi) is 1.47. The fraction of sp³-hybridized carbons (Fsp3) is 0.667. The first-order chi connectivity index (χ1) is 5.35. The summed E-state index contributed by atoms with van der Waals surface area (Å²) >= 11 is 0. The van der Waals surface area contributed by atoms with Crippen LogP contribution in [0.4, 0.5) is 0 Å². The van der Waals surface area contributed by atoms with E-state index in [9.17, 15) is 0 Å². The summed E-state index contributed by atoms with van der Waals surface area (Å²) in [5, 5.41) is 12.1. The molecule has 0 aromatic heterocycles. The van der Waals surface area contributed by atoms with Crippen LogP contribution in [-0.2, 0) is 0 Å². The zero-order chi connectivity index (χ0) is 7.73. The number of rotatable bonds is 0. The molecule has 1 heterocycles. The molecule has 0 aromatic carbocycles. The molecule has 0 bridgehead atoms. The SMILES string of the molecule is N#CC1=CC2(CCC1)CCN2. The molecule has 58 valence electrons. The molecule has 1 N–H and O–H groups in total. The maximum Gasteiger partial charge on any atom is 0.0944 e. The van der Waals surface area contributed by atoms with Gasteiger partial charge in [0.25, 0.3) is 0 Å². The molecule has 1 fully saturated rings. The van der Waals surface area contributed by atoms with Gasteiger partial charge in [-0.2, -0.15) is 5.26 Å². The van der Waals surface area contributed by atoms with Gasteiger partial charge in [0, 0.05) is 11.1 Å². The molecule has 1 spiro atoms. The van der Waals surface area contributed by atoms with Crippen LogP contribution < -0.4 is 5.32 Å². The van der Waals surface area contributed by atoms with Gasteiger partial charge in [0.1, 0.15) is 0 Å². The lowest BCUT2D eigenvalue weighted by Gasteiger charge is -2.43. The van der Waals surface area contributed by atoms with Crippen LogP contribution in [0.1, 0.15) is 25.7 Å². The normalized spacial score (nSPS) is 35.7. The Morgan fingerprint density at radius 1 is 1.55 bits per heavy atom. The fourth-order valence-corrected chi connectivity index (χ4v) is 1.94. The van der Waals surface area contributed by atoms with Gasteiger partial charge < -0.3 is 5.32 Å². The molecule has 11 heavy (non-hydrogen) atoms. The van der Waals surface area contributed by atoms with Gasteiger partial charge in [-0.15, -0.1) is 0 Å². The molecular formula is C9H12N2. The third-order valence-corrected chi connectivity index (χ3v) is 2.71. The lowest BCUT2D eigenvalue weighted by molar-refractivity contribution is 0.240. The summed E-state index contributed by atoms with van der Waals surface area (Å²) in [5.41, 5.74) is 1.21. The largest absolute Gasteiger partial charge is 0.308 e. The van der Waals surface area contributed by atoms with Crippen molar-refractivity contribution >= 4 is 0 Å². The number of nitrogens with one attached hydrogen (secondary N) is 1. The number of nitrogens with zero attached hydrogens (tertiary/aromatic N) is 1. The summed E-state index contributed by atoms with van der Waals surface area (Å²) in [4.78, 5) is 0. The van der Waals surface area contributed by atoms with Gasteiger partial charge in [-0.05, 0) is 32.2 Å². The molecule has 2 heteroatoms. The van der Waals surface area contributed by atoms with Gasteiger partial charge >= 0.3 is 0 Å². The van der Waals surface area contributed by atoms with E-state index in [4.69, 9.17) is 5.26 Å². The molecule has 0 radical (unpaired) electrons. The first-order valence-corrected chi connectivity index (χ1v) is 4.22. The predicted molar refractivity (Wildman–Crippen MR) is 42.9 cm³/mol. The molecule has 0 aromatic rings. The maximum atomic E-state index is 8.70. The Balaban J connectivity index is 2.19. The van der Waals surface area contributed by atoms with Crippen LogP contribution in [0.5, 0.6) is 0 Å². The van der Waals surface area contributed by atoms with Crippen molar-refractivity contribution in [1.82, 2.24) is 5.32 Å². The molecule has 2 aliphatic rings. The molecule has 1 aliphatic carbocycles. The van der Waals surface area contributed by atoms with Crippen molar-refractivity contribution in [2.75, 3.05) is 6.54 Å². The number of nitriles is 1. The first-order valence-electron chi connectivity index (χ1n) is 4.22. The third kappa shape index (κ3) is 1.06. The average Bonchev–Trinajstić information content (AvgIpc) is 2.02. The molecule has 1 aliphatic heterocycles. The first kappa shape index (κ1) is 6.87. The summed E-state index contributed by atoms with van der Waals surface area (Å²) < 4.78 is 0. The fourth-order valence-electron chi connectivity index (χ4n) is 1.94. The highest BCUT2D eigenvalue weighted by atomic mass is 15.0. The molecular weight excluding hydrogens is 136 g/mol. The van der Waals surface area contributed by atoms with Crippen molar-refractivity contribution in [3.8, 4) is 6.07 Å². The highest BCUT2D eigenvalue weighted by molar-refractivity contribution is 5.30. The molecule has 2 nitrogen and oxygen atoms in total. The van der Waals surface area contributed by atoms with Crippen molar-refractivity contribution in [3.63, 3.8) is 0 Å². The average molecular weight is 148 g/mol. The topological polar surface area (TPSA) is 35.8 Å². The standard InChI is InChI=1S/C9H12N2/c10-7-8-2-1-3-9(6-8)4-5-11-9/h6,11H,1-5H2. The van der Waals surface area contributed by atoms with Crippen LogP contribution in [0.3, 0.4) is 0 Å². The minimum atomic E-state index is 0.239. The van der Waals surface area contributed by atoms with E-state index >= 15 is 0 Å². The Hall–Kier alpha value is -0.810. The van der Waals surface area contributed by atoms with Crippen LogP contribution in [0, 0.1) is 11.3 Å². The van der Waals surface area contributed by atoms with Crippen LogP contribution in [0.15, 0.2) is 11.6 Å². The zero-order valence-electron chi connectivity index (χ0n) is 6.56. The van der Waals surface area contributed by atoms with E-state index in [2.05, 4.69) is 17.5 Å². The van der Waals surface area contributed by atoms with Crippen LogP contribution in [-0.4, -0.2) is 12.1 Å². The van der Waals surface area contributed by atoms with Crippen molar-refractivity contribution in [2.45, 2.75) is 31.2 Å². The monoisotopic (exact) mass is 148 g/mol. The summed E-state index contributed by atoms with van der Waals surface area (Å²) in [7, 11) is 0. The second-order valence-electron chi connectivity index (χ2n) is 3.47. The minimum Gasteiger partial charge on any atom is -0.308 e. The van der Waals surface area contributed by atoms with Crippen LogP contribution in [0.25, 0.3) is 0 Å². The van der Waals surface area contributed by atoms with E-state index in [1.165, 1.54) is 19.3 Å². The Morgan fingerprint density at radius 3 is 2.91 bits per heavy atom. The molecule has 1 unspecified atom stereocenters. The summed E-state index contributed by atoms with van der Waals surface area (Å²) in [6.07, 6.45) is 6.74. The van der Waals surface area contributed by atoms with Gasteiger partial charge in [-0.3, -0.25) is 0 Å². The van der Waals surface area contributed by atoms with Crippen molar-refractivity contribution in [1.29, 1.82) is 5.26 Å². The maximum absolute atomic E-state index is 8.70. The van der Waals surface area contributed by atoms with E-state index in [-0.39, 0.29) is 5.54 Å². The van der Waals surface area contributed by atoms with Gasteiger partial charge in [0.05, 0.1) is 6.07 Å². The zero-order valence-corrected chi connectivity index (χ0v) is 6.56. The van der Waals surface area contributed by atoms with Crippen LogP contribution >= 0.6 is 0 Å². The van der Waals surface area contributed by atoms with E-state index < -0.39 is 0 Å². The minimum absolute atomic E-state index is 0.239. The van der Waals surface area contributed by atoms with Crippen molar-refractivity contribution in [2.24, 2.45) is 0 Å². The Morgan fingerprint density at radius 2 is 2.36 bits per heavy atom. The molecule has 0 amide bonds. The summed E-state index contributed by atoms with van der Waals surface area (Å²) in [6.45, 7) is 1.12. The Bertz CT molecular complexity index is 230. The highest BCUT2D eigenvalue weighted by Gasteiger charge is 2.35. The molecule has 1 atom stereocenters. The van der Waals surface area contributed by atoms with E-state index in [0.717, 1.165) is 18.5 Å². The quantitative estimate of drug-likeness (QED) is 0.563. The third-order valence-electron chi connectivity index (χ3n) is 2.71. The predicted octanol–water partition coefficient (Wildman–Crippen LogP) is 1.35. The van der Waals surface area contributed by atoms with Crippen molar-refractivity contribution < 1.29 is 0 Å². The smallest absolute Gasteiger partial charge is 0.0944 e. The van der Waals surface area contributed by atoms with Gasteiger partial charge in [-0.1, -0.05) is 6.08 Å². The summed E-state index contributed by atoms with van der Waals surface area (Å²) in [6, 6.07) is 2.25. The lowest BCUT2D eigenvalue weighted by Crippen LogP contribution is -2.56. The Labute approximate surface area is 66.9 Å². The second kappa shape index (κ2) is 2.35. The van der Waals surface area contributed by atoms with E-state index in [1.54, 1.807) is 0 Å². The highest BCUT2D eigenvalue weighted by Crippen LogP contribution is 2.33. The number of allylic oxidation sites excluding steroid dienone is 1. The molecule has 2 rings (SSSR count). The molecule has 0 saturated carbocycles. The van der Waals surface area contributed by atoms with E-state index in [1.807, 2.05) is 0 Å². The van der Waals surface area contributed by atoms with Gasteiger partial charge in [0.15, 0.2) is 0 Å². The number of hydrogen-bond acceptors (Lipinski definition) is 2. The van der Waals surface area contributed by atoms with Crippen molar-refractivity contribution in [3.05, 3.63) is 11.6 Å². The van der Waals surface area contributed by atoms with Gasteiger partial charge in [-0.25, -0.2) is 0 Å².